The second kappa shape index (κ2) is 9.85. The first-order valence-electron chi connectivity index (χ1n) is 9.18. The summed E-state index contributed by atoms with van der Waals surface area (Å²) in [5.74, 6) is -0.00878. The predicted molar refractivity (Wildman–Crippen MR) is 112 cm³/mol. The van der Waals surface area contributed by atoms with Gasteiger partial charge in [-0.1, -0.05) is 29.8 Å². The second-order valence-corrected chi connectivity index (χ2v) is 7.02. The number of amides is 1. The number of halogens is 1. The summed E-state index contributed by atoms with van der Waals surface area (Å²) in [6.45, 7) is 0.617. The van der Waals surface area contributed by atoms with Crippen LogP contribution in [0.15, 0.2) is 73.2 Å². The molecule has 0 saturated carbocycles. The minimum absolute atomic E-state index is 0.00878. The summed E-state index contributed by atoms with van der Waals surface area (Å²) >= 11 is 5.98. The largest absolute Gasteiger partial charge is 0.374 e. The van der Waals surface area contributed by atoms with Crippen molar-refractivity contribution in [1.82, 2.24) is 15.3 Å². The van der Waals surface area contributed by atoms with Gasteiger partial charge in [-0.25, -0.2) is 0 Å². The van der Waals surface area contributed by atoms with Crippen molar-refractivity contribution in [2.75, 3.05) is 18.5 Å². The van der Waals surface area contributed by atoms with E-state index in [0.717, 1.165) is 16.9 Å². The summed E-state index contributed by atoms with van der Waals surface area (Å²) in [4.78, 5) is 23.1. The lowest BCUT2D eigenvalue weighted by Gasteiger charge is -2.21. The van der Waals surface area contributed by atoms with Crippen LogP contribution in [-0.2, 0) is 11.2 Å². The van der Waals surface area contributed by atoms with Crippen LogP contribution in [0.2, 0.25) is 5.02 Å². The molecule has 0 aliphatic carbocycles. The normalized spacial score (nSPS) is 11.6. The Kier molecular flexibility index (Phi) is 6.98. The first-order chi connectivity index (χ1) is 13.6. The average Bonchev–Trinajstić information content (AvgIpc) is 2.74. The maximum absolute atomic E-state index is 12.6. The summed E-state index contributed by atoms with van der Waals surface area (Å²) in [5.41, 5.74) is 2.97. The number of hydrogen-bond acceptors (Lipinski definition) is 4. The topological polar surface area (TPSA) is 58.1 Å². The van der Waals surface area contributed by atoms with Crippen LogP contribution in [-0.4, -0.2) is 29.5 Å². The van der Waals surface area contributed by atoms with E-state index < -0.39 is 0 Å². The van der Waals surface area contributed by atoms with Gasteiger partial charge in [0, 0.05) is 49.3 Å². The molecule has 144 valence electrons. The van der Waals surface area contributed by atoms with E-state index in [4.69, 9.17) is 11.6 Å². The second-order valence-electron chi connectivity index (χ2n) is 6.58. The number of aromatic nitrogens is 2. The van der Waals surface area contributed by atoms with Gasteiger partial charge >= 0.3 is 0 Å². The average molecular weight is 395 g/mol. The standard InChI is InChI=1S/C22H23ClN4O/c1-27(19-9-13-24-14-10-19)15-11-22(28)26-21(20-4-2-3-12-25-20)16-17-5-7-18(23)8-6-17/h2-10,12-14,21H,11,15-16H2,1H3,(H,26,28). The third-order valence-corrected chi connectivity index (χ3v) is 4.76. The van der Waals surface area contributed by atoms with Gasteiger partial charge in [-0.2, -0.15) is 0 Å². The SMILES string of the molecule is CN(CCC(=O)NC(Cc1ccc(Cl)cc1)c1ccccn1)c1ccncc1. The highest BCUT2D eigenvalue weighted by atomic mass is 35.5. The molecule has 0 radical (unpaired) electrons. The molecule has 5 nitrogen and oxygen atoms in total. The molecule has 3 aromatic rings. The van der Waals surface area contributed by atoms with Crippen molar-refractivity contribution in [3.8, 4) is 0 Å². The lowest BCUT2D eigenvalue weighted by atomic mass is 10.0. The summed E-state index contributed by atoms with van der Waals surface area (Å²) in [6, 6.07) is 17.1. The van der Waals surface area contributed by atoms with Crippen LogP contribution in [0.5, 0.6) is 0 Å². The molecule has 1 N–H and O–H groups in total. The van der Waals surface area contributed by atoms with Crippen LogP contribution in [0.4, 0.5) is 5.69 Å². The minimum Gasteiger partial charge on any atom is -0.374 e. The number of anilines is 1. The molecular weight excluding hydrogens is 372 g/mol. The van der Waals surface area contributed by atoms with E-state index in [9.17, 15) is 4.79 Å². The van der Waals surface area contributed by atoms with Crippen molar-refractivity contribution in [1.29, 1.82) is 0 Å². The van der Waals surface area contributed by atoms with E-state index in [0.29, 0.717) is 24.4 Å². The van der Waals surface area contributed by atoms with E-state index >= 15 is 0 Å². The highest BCUT2D eigenvalue weighted by Gasteiger charge is 2.17. The molecule has 2 aromatic heterocycles. The fourth-order valence-electron chi connectivity index (χ4n) is 2.93. The van der Waals surface area contributed by atoms with Gasteiger partial charge in [0.1, 0.15) is 0 Å². The Morgan fingerprint density at radius 3 is 2.50 bits per heavy atom. The molecule has 1 atom stereocenters. The predicted octanol–water partition coefficient (Wildman–Crippen LogP) is 4.06. The first-order valence-corrected chi connectivity index (χ1v) is 9.55. The number of nitrogens with zero attached hydrogens (tertiary/aromatic N) is 3. The molecule has 0 saturated heterocycles. The van der Waals surface area contributed by atoms with Crippen molar-refractivity contribution < 1.29 is 4.79 Å². The van der Waals surface area contributed by atoms with E-state index in [-0.39, 0.29) is 11.9 Å². The molecule has 0 aliphatic heterocycles. The van der Waals surface area contributed by atoms with Crippen LogP contribution < -0.4 is 10.2 Å². The maximum Gasteiger partial charge on any atom is 0.222 e. The zero-order chi connectivity index (χ0) is 19.8. The van der Waals surface area contributed by atoms with Crippen molar-refractivity contribution in [2.45, 2.75) is 18.9 Å². The quantitative estimate of drug-likeness (QED) is 0.626. The fraction of sp³-hybridized carbons (Fsp3) is 0.227. The van der Waals surface area contributed by atoms with Crippen LogP contribution >= 0.6 is 11.6 Å². The van der Waals surface area contributed by atoms with Gasteiger partial charge < -0.3 is 10.2 Å². The zero-order valence-electron chi connectivity index (χ0n) is 15.8. The summed E-state index contributed by atoms with van der Waals surface area (Å²) in [5, 5.41) is 3.83. The summed E-state index contributed by atoms with van der Waals surface area (Å²) in [6.07, 6.45) is 6.28. The lowest BCUT2D eigenvalue weighted by Crippen LogP contribution is -2.33. The van der Waals surface area contributed by atoms with Crippen LogP contribution in [0, 0.1) is 0 Å². The van der Waals surface area contributed by atoms with Crippen LogP contribution in [0.1, 0.15) is 23.7 Å². The number of carbonyl (C=O) groups is 1. The molecule has 1 amide bonds. The van der Waals surface area contributed by atoms with Crippen molar-refractivity contribution >= 4 is 23.2 Å². The Labute approximate surface area is 170 Å². The van der Waals surface area contributed by atoms with Crippen molar-refractivity contribution in [3.05, 3.63) is 89.5 Å². The molecule has 1 aromatic carbocycles. The Morgan fingerprint density at radius 1 is 1.07 bits per heavy atom. The first kappa shape index (κ1) is 19.8. The number of benzene rings is 1. The van der Waals surface area contributed by atoms with E-state index in [2.05, 4.69) is 15.3 Å². The summed E-state index contributed by atoms with van der Waals surface area (Å²) in [7, 11) is 1.96. The number of rotatable bonds is 8. The zero-order valence-corrected chi connectivity index (χ0v) is 16.5. The van der Waals surface area contributed by atoms with Gasteiger partial charge in [0.05, 0.1) is 11.7 Å². The highest BCUT2D eigenvalue weighted by Crippen LogP contribution is 2.19. The van der Waals surface area contributed by atoms with Crippen molar-refractivity contribution in [2.24, 2.45) is 0 Å². The van der Waals surface area contributed by atoms with Gasteiger partial charge in [-0.3, -0.25) is 14.8 Å². The number of carbonyl (C=O) groups excluding carboxylic acids is 1. The van der Waals surface area contributed by atoms with Crippen LogP contribution in [0.25, 0.3) is 0 Å². The highest BCUT2D eigenvalue weighted by molar-refractivity contribution is 6.30. The monoisotopic (exact) mass is 394 g/mol. The fourth-order valence-corrected chi connectivity index (χ4v) is 3.06. The van der Waals surface area contributed by atoms with E-state index in [1.165, 1.54) is 0 Å². The van der Waals surface area contributed by atoms with Gasteiger partial charge in [0.25, 0.3) is 0 Å². The molecule has 0 fully saturated rings. The molecule has 0 bridgehead atoms. The van der Waals surface area contributed by atoms with E-state index in [1.807, 2.05) is 66.5 Å². The molecular formula is C22H23ClN4O. The Balaban J connectivity index is 1.63. The Hall–Kier alpha value is -2.92. The van der Waals surface area contributed by atoms with Gasteiger partial charge in [0.15, 0.2) is 0 Å². The molecule has 6 heteroatoms. The third-order valence-electron chi connectivity index (χ3n) is 4.51. The maximum atomic E-state index is 12.6. The van der Waals surface area contributed by atoms with Gasteiger partial charge in [-0.05, 0) is 48.4 Å². The third kappa shape index (κ3) is 5.79. The van der Waals surface area contributed by atoms with Gasteiger partial charge in [0.2, 0.25) is 5.91 Å². The number of hydrogen-bond donors (Lipinski definition) is 1. The molecule has 0 aliphatic rings. The molecule has 28 heavy (non-hydrogen) atoms. The van der Waals surface area contributed by atoms with Crippen LogP contribution in [0.3, 0.4) is 0 Å². The van der Waals surface area contributed by atoms with Gasteiger partial charge in [-0.15, -0.1) is 0 Å². The smallest absolute Gasteiger partial charge is 0.222 e. The number of nitrogens with one attached hydrogen (secondary N) is 1. The minimum atomic E-state index is -0.193. The molecule has 0 spiro atoms. The molecule has 3 rings (SSSR count). The lowest BCUT2D eigenvalue weighted by molar-refractivity contribution is -0.121. The van der Waals surface area contributed by atoms with E-state index in [1.54, 1.807) is 18.6 Å². The number of pyridine rings is 2. The molecule has 1 unspecified atom stereocenters. The molecule has 2 heterocycles. The van der Waals surface area contributed by atoms with Crippen molar-refractivity contribution in [3.63, 3.8) is 0 Å². The summed E-state index contributed by atoms with van der Waals surface area (Å²) < 4.78 is 0. The Morgan fingerprint density at radius 2 is 1.82 bits per heavy atom. The Bertz CT molecular complexity index is 872.